The van der Waals surface area contributed by atoms with Gasteiger partial charge in [0, 0.05) is 42.4 Å². The quantitative estimate of drug-likeness (QED) is 0.157. The van der Waals surface area contributed by atoms with Gasteiger partial charge >= 0.3 is 5.97 Å². The Morgan fingerprint density at radius 1 is 1.10 bits per heavy atom. The number of hydrogen-bond acceptors (Lipinski definition) is 8. The minimum absolute atomic E-state index is 0.0715. The summed E-state index contributed by atoms with van der Waals surface area (Å²) in [5.74, 6) is 1.01. The van der Waals surface area contributed by atoms with Crippen molar-refractivity contribution in [3.8, 4) is 28.1 Å². The summed E-state index contributed by atoms with van der Waals surface area (Å²) in [7, 11) is 1.39. The average molecular weight is 687 g/mol. The van der Waals surface area contributed by atoms with Crippen molar-refractivity contribution in [2.75, 3.05) is 31.7 Å². The van der Waals surface area contributed by atoms with E-state index in [0.717, 1.165) is 58.8 Å². The maximum absolute atomic E-state index is 13.4. The Kier molecular flexibility index (Phi) is 9.81. The van der Waals surface area contributed by atoms with Gasteiger partial charge in [-0.1, -0.05) is 42.0 Å². The fourth-order valence-corrected chi connectivity index (χ4v) is 6.94. The number of rotatable bonds is 3. The lowest BCUT2D eigenvalue weighted by Gasteiger charge is -2.41. The Morgan fingerprint density at radius 2 is 1.86 bits per heavy atom. The second-order valence-electron chi connectivity index (χ2n) is 14.4. The minimum atomic E-state index is -1.00. The number of aryl methyl sites for hydroxylation is 2. The van der Waals surface area contributed by atoms with Crippen molar-refractivity contribution in [2.45, 2.75) is 91.1 Å². The number of esters is 1. The molecule has 0 N–H and O–H groups in total. The number of nitrogens with zero attached hydrogens (tertiary/aromatic N) is 4. The van der Waals surface area contributed by atoms with Gasteiger partial charge in [0.1, 0.15) is 11.6 Å². The summed E-state index contributed by atoms with van der Waals surface area (Å²) in [4.78, 5) is 20.7. The number of carbonyl (C=O) groups excluding carboxylic acids is 1. The Morgan fingerprint density at radius 3 is 2.57 bits per heavy atom. The van der Waals surface area contributed by atoms with Crippen molar-refractivity contribution in [1.29, 1.82) is 0 Å². The molecule has 2 aromatic carbocycles. The van der Waals surface area contributed by atoms with E-state index in [1.807, 2.05) is 56.5 Å². The van der Waals surface area contributed by atoms with Crippen LogP contribution in [0.1, 0.15) is 76.8 Å². The fraction of sp³-hybridized carbons (Fsp3) is 0.462. The predicted molar refractivity (Wildman–Crippen MR) is 194 cm³/mol. The van der Waals surface area contributed by atoms with Crippen molar-refractivity contribution < 1.29 is 23.7 Å². The molecular weight excluding hydrogens is 640 g/mol. The first-order valence-corrected chi connectivity index (χ1v) is 17.4. The van der Waals surface area contributed by atoms with Gasteiger partial charge < -0.3 is 23.8 Å². The number of hydrogen-bond donors (Lipinski definition) is 0. The molecule has 5 heterocycles. The zero-order valence-corrected chi connectivity index (χ0v) is 30.6. The number of aromatic nitrogens is 3. The lowest BCUT2D eigenvalue weighted by Crippen LogP contribution is -2.45. The Hall–Kier alpha value is -3.92. The van der Waals surface area contributed by atoms with Crippen LogP contribution in [-0.4, -0.2) is 64.7 Å². The first kappa shape index (κ1) is 34.9. The molecule has 6 bridgehead atoms. The zero-order chi connectivity index (χ0) is 35.1. The van der Waals surface area contributed by atoms with Crippen molar-refractivity contribution in [1.82, 2.24) is 14.6 Å². The van der Waals surface area contributed by atoms with Gasteiger partial charge in [-0.25, -0.2) is 9.78 Å². The van der Waals surface area contributed by atoms with E-state index in [2.05, 4.69) is 56.0 Å². The third-order valence-corrected chi connectivity index (χ3v) is 9.66. The molecule has 10 heteroatoms. The highest BCUT2D eigenvalue weighted by atomic mass is 35.5. The van der Waals surface area contributed by atoms with E-state index in [-0.39, 0.29) is 11.7 Å². The molecule has 0 saturated carbocycles. The predicted octanol–water partition coefficient (Wildman–Crippen LogP) is 8.47. The monoisotopic (exact) mass is 686 g/mol. The van der Waals surface area contributed by atoms with E-state index in [1.165, 1.54) is 7.11 Å². The zero-order valence-electron chi connectivity index (χ0n) is 29.8. The molecule has 9 nitrogen and oxygen atoms in total. The summed E-state index contributed by atoms with van der Waals surface area (Å²) in [6, 6.07) is 14.0. The topological polar surface area (TPSA) is 87.4 Å². The molecule has 0 radical (unpaired) electrons. The molecule has 1 saturated heterocycles. The van der Waals surface area contributed by atoms with E-state index in [4.69, 9.17) is 40.6 Å². The third kappa shape index (κ3) is 7.35. The van der Waals surface area contributed by atoms with Crippen molar-refractivity contribution in [3.05, 3.63) is 76.5 Å². The van der Waals surface area contributed by atoms with Gasteiger partial charge in [-0.15, -0.1) is 0 Å². The van der Waals surface area contributed by atoms with E-state index in [0.29, 0.717) is 41.6 Å². The molecule has 0 amide bonds. The highest BCUT2D eigenvalue weighted by Gasteiger charge is 2.38. The van der Waals surface area contributed by atoms with Crippen LogP contribution >= 0.6 is 11.6 Å². The van der Waals surface area contributed by atoms with Gasteiger partial charge in [-0.3, -0.25) is 0 Å². The van der Waals surface area contributed by atoms with Crippen LogP contribution in [0.5, 0.6) is 5.75 Å². The summed E-state index contributed by atoms with van der Waals surface area (Å²) >= 11 is 6.89. The fourth-order valence-electron chi connectivity index (χ4n) is 6.67. The third-order valence-electron chi connectivity index (χ3n) is 9.34. The van der Waals surface area contributed by atoms with E-state index in [1.54, 1.807) is 0 Å². The number of fused-ring (bicyclic) bond motifs is 7. The van der Waals surface area contributed by atoms with Gasteiger partial charge in [0.15, 0.2) is 11.8 Å². The van der Waals surface area contributed by atoms with Crippen molar-refractivity contribution >= 4 is 29.0 Å². The number of ether oxygens (including phenoxy) is 4. The normalized spacial score (nSPS) is 20.6. The molecular formula is C39H47ClN4O5. The Labute approximate surface area is 294 Å². The summed E-state index contributed by atoms with van der Waals surface area (Å²) in [6.45, 7) is 15.9. The van der Waals surface area contributed by atoms with Crippen LogP contribution in [0.15, 0.2) is 54.6 Å². The van der Waals surface area contributed by atoms with Crippen LogP contribution < -0.4 is 9.64 Å². The summed E-state index contributed by atoms with van der Waals surface area (Å²) < 4.78 is 26.5. The van der Waals surface area contributed by atoms with Crippen molar-refractivity contribution in [2.24, 2.45) is 0 Å². The highest BCUT2D eigenvalue weighted by Crippen LogP contribution is 2.42. The number of methoxy groups -OCH3 is 1. The van der Waals surface area contributed by atoms with E-state index >= 15 is 0 Å². The van der Waals surface area contributed by atoms with Gasteiger partial charge in [0.2, 0.25) is 0 Å². The Bertz CT molecular complexity index is 1890. The van der Waals surface area contributed by atoms with Crippen LogP contribution in [-0.2, 0) is 19.0 Å². The van der Waals surface area contributed by atoms with E-state index < -0.39 is 17.7 Å². The molecule has 3 aliphatic rings. The molecule has 7 rings (SSSR count). The SMILES string of the molecule is COC(=O)[C@@H](OC(C)(C)C)c1c(C)nc2cc3nn2c1N1CCC(C)(CC1)OCC=CC[C@H](C)Oc1cccc(Cl)c1-c1cc-3ccc1C. The molecule has 2 aromatic heterocycles. The molecule has 0 aliphatic carbocycles. The maximum Gasteiger partial charge on any atom is 0.339 e. The van der Waals surface area contributed by atoms with E-state index in [9.17, 15) is 4.79 Å². The molecule has 260 valence electrons. The van der Waals surface area contributed by atoms with Crippen LogP contribution in [0, 0.1) is 13.8 Å². The first-order chi connectivity index (χ1) is 23.3. The van der Waals surface area contributed by atoms with Crippen LogP contribution in [0.2, 0.25) is 5.02 Å². The number of benzene rings is 2. The van der Waals surface area contributed by atoms with Crippen LogP contribution in [0.3, 0.4) is 0 Å². The molecule has 3 aliphatic heterocycles. The molecule has 0 spiro atoms. The second-order valence-corrected chi connectivity index (χ2v) is 14.8. The molecule has 1 fully saturated rings. The number of carbonyl (C=O) groups is 1. The second kappa shape index (κ2) is 13.8. The van der Waals surface area contributed by atoms with Gasteiger partial charge in [0.25, 0.3) is 0 Å². The standard InChI is InChI=1S/C39H47ClN4O5/c1-24-15-16-27-22-28(24)34-29(40)13-11-14-31(34)48-25(2)12-9-10-21-47-39(7)17-19-43(20-18-39)36-33(35(37(45)46-8)49-38(4,5)6)26(3)41-32-23-30(27)42-44(32)36/h9-11,13-16,22-23,25,35H,12,17-21H2,1-8H3/t25-,35-/m0/s1. The maximum atomic E-state index is 13.4. The van der Waals surface area contributed by atoms with Gasteiger partial charge in [0.05, 0.1) is 47.3 Å². The smallest absolute Gasteiger partial charge is 0.339 e. The van der Waals surface area contributed by atoms with Crippen molar-refractivity contribution in [3.63, 3.8) is 0 Å². The largest absolute Gasteiger partial charge is 0.490 e. The lowest BCUT2D eigenvalue weighted by molar-refractivity contribution is -0.164. The minimum Gasteiger partial charge on any atom is -0.490 e. The Balaban J connectivity index is 1.58. The summed E-state index contributed by atoms with van der Waals surface area (Å²) in [6.07, 6.45) is 5.43. The van der Waals surface area contributed by atoms with Gasteiger partial charge in [-0.2, -0.15) is 9.61 Å². The number of anilines is 1. The van der Waals surface area contributed by atoms with Crippen LogP contribution in [0.25, 0.3) is 28.0 Å². The van der Waals surface area contributed by atoms with Crippen LogP contribution in [0.4, 0.5) is 5.82 Å². The average Bonchev–Trinajstić information content (AvgIpc) is 3.46. The highest BCUT2D eigenvalue weighted by molar-refractivity contribution is 6.33. The first-order valence-electron chi connectivity index (χ1n) is 17.0. The number of piperidine rings is 1. The molecule has 0 unspecified atom stereocenters. The molecule has 49 heavy (non-hydrogen) atoms. The molecule has 2 atom stereocenters. The number of halogens is 1. The summed E-state index contributed by atoms with van der Waals surface area (Å²) in [5.41, 5.74) is 5.57. The molecule has 4 aromatic rings. The summed E-state index contributed by atoms with van der Waals surface area (Å²) in [5, 5.41) is 5.79. The lowest BCUT2D eigenvalue weighted by atomic mass is 9.92. The van der Waals surface area contributed by atoms with Gasteiger partial charge in [-0.05, 0) is 90.6 Å².